The van der Waals surface area contributed by atoms with Crippen molar-refractivity contribution in [3.05, 3.63) is 57.7 Å². The van der Waals surface area contributed by atoms with E-state index in [9.17, 15) is 14.7 Å². The predicted molar refractivity (Wildman–Crippen MR) is 154 cm³/mol. The molecule has 7 nitrogen and oxygen atoms in total. The van der Waals surface area contributed by atoms with Crippen LogP contribution in [-0.4, -0.2) is 28.0 Å². The average molecular weight is 550 g/mol. The molecule has 8 heteroatoms. The molecule has 2 aromatic heterocycles. The van der Waals surface area contributed by atoms with Crippen molar-refractivity contribution < 1.29 is 19.5 Å². The standard InChI is InChI=1S/C31H39N3O4S/c1-21-8-10-22(11-9-21)29(35)34(27-19-26(16-17-31(2,3)4)39-28(27)30(36)37)25-14-12-23(13-15-25)33-38-20-24-7-5-6-18-32-24/h5-7,12,18-19,21-22,25,33H,8-11,13-15,20H2,1-4H3,(H,36,37)/t21?,22?,25-/m0/s1. The number of carbonyl (C=O) groups excluding carboxylic acids is 1. The van der Waals surface area contributed by atoms with Gasteiger partial charge in [-0.05, 0) is 89.8 Å². The summed E-state index contributed by atoms with van der Waals surface area (Å²) in [5, 5.41) is 10.1. The summed E-state index contributed by atoms with van der Waals surface area (Å²) in [6.07, 6.45) is 9.54. The predicted octanol–water partition coefficient (Wildman–Crippen LogP) is 6.56. The molecule has 0 aromatic carbocycles. The zero-order valence-corrected chi connectivity index (χ0v) is 24.1. The highest BCUT2D eigenvalue weighted by molar-refractivity contribution is 7.15. The second kappa shape index (κ2) is 12.8. The molecule has 0 aliphatic heterocycles. The molecule has 1 atom stereocenters. The van der Waals surface area contributed by atoms with Crippen LogP contribution in [0, 0.1) is 29.1 Å². The number of aromatic carboxylic acids is 1. The lowest BCUT2D eigenvalue weighted by Gasteiger charge is -2.37. The molecule has 0 spiro atoms. The van der Waals surface area contributed by atoms with Crippen LogP contribution < -0.4 is 10.4 Å². The number of thiophene rings is 1. The summed E-state index contributed by atoms with van der Waals surface area (Å²) in [4.78, 5) is 38.9. The van der Waals surface area contributed by atoms with Gasteiger partial charge in [0.15, 0.2) is 0 Å². The lowest BCUT2D eigenvalue weighted by atomic mass is 9.81. The summed E-state index contributed by atoms with van der Waals surface area (Å²) < 4.78 is 0. The van der Waals surface area contributed by atoms with Gasteiger partial charge in [-0.15, -0.1) is 11.3 Å². The van der Waals surface area contributed by atoms with Crippen LogP contribution in [0.1, 0.15) is 92.9 Å². The van der Waals surface area contributed by atoms with Crippen molar-refractivity contribution >= 4 is 28.9 Å². The summed E-state index contributed by atoms with van der Waals surface area (Å²) >= 11 is 1.15. The lowest BCUT2D eigenvalue weighted by Crippen LogP contribution is -2.46. The summed E-state index contributed by atoms with van der Waals surface area (Å²) in [7, 11) is 0. The number of hydroxylamine groups is 1. The number of nitrogens with one attached hydrogen (secondary N) is 1. The molecular weight excluding hydrogens is 510 g/mol. The quantitative estimate of drug-likeness (QED) is 0.286. The number of aromatic nitrogens is 1. The van der Waals surface area contributed by atoms with E-state index in [2.05, 4.69) is 35.3 Å². The number of allylic oxidation sites excluding steroid dienone is 1. The van der Waals surface area contributed by atoms with Gasteiger partial charge in [0.05, 0.1) is 16.3 Å². The van der Waals surface area contributed by atoms with Crippen LogP contribution in [0.5, 0.6) is 0 Å². The van der Waals surface area contributed by atoms with E-state index in [1.54, 1.807) is 11.1 Å². The minimum absolute atomic E-state index is 0.0405. The third kappa shape index (κ3) is 7.93. The zero-order valence-electron chi connectivity index (χ0n) is 23.3. The summed E-state index contributed by atoms with van der Waals surface area (Å²) in [5.74, 6) is 5.90. The van der Waals surface area contributed by atoms with Gasteiger partial charge >= 0.3 is 5.97 Å². The van der Waals surface area contributed by atoms with Gasteiger partial charge in [-0.25, -0.2) is 4.79 Å². The minimum Gasteiger partial charge on any atom is -0.477 e. The van der Waals surface area contributed by atoms with E-state index >= 15 is 0 Å². The molecule has 2 aliphatic rings. The second-order valence-electron chi connectivity index (χ2n) is 11.7. The first-order valence-corrected chi connectivity index (χ1v) is 14.6. The fourth-order valence-electron chi connectivity index (χ4n) is 5.06. The zero-order chi connectivity index (χ0) is 28.0. The highest BCUT2D eigenvalue weighted by Crippen LogP contribution is 2.38. The number of rotatable bonds is 8. The Kier molecular flexibility index (Phi) is 9.47. The van der Waals surface area contributed by atoms with Crippen LogP contribution in [-0.2, 0) is 16.2 Å². The van der Waals surface area contributed by atoms with Crippen LogP contribution in [0.4, 0.5) is 5.69 Å². The van der Waals surface area contributed by atoms with Gasteiger partial charge in [-0.2, -0.15) is 0 Å². The smallest absolute Gasteiger partial charge is 0.348 e. The molecule has 1 fully saturated rings. The van der Waals surface area contributed by atoms with E-state index in [4.69, 9.17) is 4.84 Å². The van der Waals surface area contributed by atoms with Crippen molar-refractivity contribution in [2.75, 3.05) is 4.90 Å². The largest absolute Gasteiger partial charge is 0.477 e. The van der Waals surface area contributed by atoms with Crippen molar-refractivity contribution in [3.63, 3.8) is 0 Å². The Bertz CT molecular complexity index is 1240. The van der Waals surface area contributed by atoms with Gasteiger partial charge in [0.2, 0.25) is 5.91 Å². The number of amides is 1. The van der Waals surface area contributed by atoms with Crippen molar-refractivity contribution in [3.8, 4) is 11.8 Å². The van der Waals surface area contributed by atoms with Crippen molar-refractivity contribution in [2.45, 2.75) is 85.3 Å². The molecule has 208 valence electrons. The maximum atomic E-state index is 14.0. The number of nitrogens with zero attached hydrogens (tertiary/aromatic N) is 2. The number of anilines is 1. The Balaban J connectivity index is 1.56. The first-order valence-electron chi connectivity index (χ1n) is 13.8. The van der Waals surface area contributed by atoms with Crippen molar-refractivity contribution in [1.82, 2.24) is 10.5 Å². The Labute approximate surface area is 235 Å². The summed E-state index contributed by atoms with van der Waals surface area (Å²) in [6.45, 7) is 8.64. The minimum atomic E-state index is -1.02. The number of carbonyl (C=O) groups is 2. The molecule has 0 radical (unpaired) electrons. The molecule has 2 heterocycles. The number of carboxylic acid groups (broad SMARTS) is 1. The summed E-state index contributed by atoms with van der Waals surface area (Å²) in [5.41, 5.74) is 5.11. The molecule has 4 rings (SSSR count). The first-order chi connectivity index (χ1) is 18.6. The van der Waals surface area contributed by atoms with E-state index in [-0.39, 0.29) is 28.2 Å². The van der Waals surface area contributed by atoms with Crippen molar-refractivity contribution in [1.29, 1.82) is 0 Å². The molecule has 2 aliphatic carbocycles. The number of pyridine rings is 1. The maximum absolute atomic E-state index is 14.0. The molecular formula is C31H39N3O4S. The normalized spacial score (nSPS) is 21.3. The topological polar surface area (TPSA) is 91.8 Å². The number of hydrogen-bond donors (Lipinski definition) is 2. The number of carboxylic acids is 1. The van der Waals surface area contributed by atoms with E-state index in [0.717, 1.165) is 48.4 Å². The molecule has 0 unspecified atom stereocenters. The van der Waals surface area contributed by atoms with E-state index in [1.165, 1.54) is 0 Å². The Hall–Kier alpha value is -3.15. The van der Waals surface area contributed by atoms with Gasteiger partial charge in [0.25, 0.3) is 0 Å². The van der Waals surface area contributed by atoms with E-state index in [0.29, 0.717) is 42.4 Å². The molecule has 39 heavy (non-hydrogen) atoms. The fourth-order valence-corrected chi connectivity index (χ4v) is 5.90. The van der Waals surface area contributed by atoms with Crippen molar-refractivity contribution in [2.24, 2.45) is 17.3 Å². The van der Waals surface area contributed by atoms with E-state index < -0.39 is 5.97 Å². The van der Waals surface area contributed by atoms with Crippen LogP contribution in [0.25, 0.3) is 0 Å². The fraction of sp³-hybridized carbons (Fsp3) is 0.516. The molecule has 2 aromatic rings. The molecule has 2 N–H and O–H groups in total. The summed E-state index contributed by atoms with van der Waals surface area (Å²) in [6, 6.07) is 7.37. The highest BCUT2D eigenvalue weighted by atomic mass is 32.1. The van der Waals surface area contributed by atoms with Gasteiger partial charge in [-0.3, -0.25) is 20.1 Å². The Morgan fingerprint density at radius 2 is 1.97 bits per heavy atom. The molecule has 1 saturated carbocycles. The van der Waals surface area contributed by atoms with Crippen LogP contribution >= 0.6 is 11.3 Å². The molecule has 0 bridgehead atoms. The molecule has 1 amide bonds. The van der Waals surface area contributed by atoms with E-state index in [1.807, 2.05) is 45.0 Å². The highest BCUT2D eigenvalue weighted by Gasteiger charge is 2.36. The SMILES string of the molecule is CC1CCC(C(=O)N(c2cc(C#CC(C)(C)C)sc2C(=O)O)[C@H]2CC=C(NOCc3ccccn3)CC2)CC1. The van der Waals surface area contributed by atoms with Gasteiger partial charge < -0.3 is 10.0 Å². The third-order valence-electron chi connectivity index (χ3n) is 7.23. The first kappa shape index (κ1) is 28.8. The monoisotopic (exact) mass is 549 g/mol. The Morgan fingerprint density at radius 3 is 2.59 bits per heavy atom. The Morgan fingerprint density at radius 1 is 1.21 bits per heavy atom. The third-order valence-corrected chi connectivity index (χ3v) is 8.26. The molecule has 0 saturated heterocycles. The lowest BCUT2D eigenvalue weighted by molar-refractivity contribution is -0.124. The average Bonchev–Trinajstić information content (AvgIpc) is 3.33. The van der Waals surface area contributed by atoms with Crippen LogP contribution in [0.2, 0.25) is 0 Å². The van der Waals surface area contributed by atoms with Gasteiger partial charge in [-0.1, -0.05) is 30.9 Å². The second-order valence-corrected chi connectivity index (χ2v) is 12.7. The maximum Gasteiger partial charge on any atom is 0.348 e. The van der Waals surface area contributed by atoms with Crippen LogP contribution in [0.15, 0.2) is 42.2 Å². The van der Waals surface area contributed by atoms with Gasteiger partial charge in [0, 0.05) is 29.3 Å². The van der Waals surface area contributed by atoms with Gasteiger partial charge in [0.1, 0.15) is 11.5 Å². The number of hydrogen-bond acceptors (Lipinski definition) is 6. The van der Waals surface area contributed by atoms with Crippen LogP contribution in [0.3, 0.4) is 0 Å².